The van der Waals surface area contributed by atoms with Crippen molar-refractivity contribution in [1.29, 1.82) is 5.26 Å². The van der Waals surface area contributed by atoms with Crippen molar-refractivity contribution in [2.75, 3.05) is 18.5 Å². The fourth-order valence-corrected chi connectivity index (χ4v) is 1.73. The summed E-state index contributed by atoms with van der Waals surface area (Å²) in [5, 5.41) is 31.6. The highest BCUT2D eigenvalue weighted by Gasteiger charge is 2.21. The Hall–Kier alpha value is -2.20. The first-order valence-corrected chi connectivity index (χ1v) is 6.02. The van der Waals surface area contributed by atoms with Crippen LogP contribution in [-0.4, -0.2) is 28.2 Å². The molecule has 1 heterocycles. The molecule has 1 rings (SSSR count). The van der Waals surface area contributed by atoms with Crippen LogP contribution in [0.3, 0.4) is 0 Å². The average molecular weight is 264 g/mol. The largest absolute Gasteiger partial charge is 0.396 e. The van der Waals surface area contributed by atoms with Crippen LogP contribution < -0.4 is 5.32 Å². The molecule has 0 radical (unpaired) electrons. The number of nitrogens with one attached hydrogen (secondary N) is 1. The summed E-state index contributed by atoms with van der Waals surface area (Å²) in [6.45, 7) is 2.53. The summed E-state index contributed by atoms with van der Waals surface area (Å²) in [7, 11) is 0. The Balaban J connectivity index is 2.89. The molecule has 1 aromatic heterocycles. The van der Waals surface area contributed by atoms with E-state index >= 15 is 0 Å². The summed E-state index contributed by atoms with van der Waals surface area (Å²) in [4.78, 5) is 14.3. The van der Waals surface area contributed by atoms with Crippen molar-refractivity contribution in [3.8, 4) is 6.07 Å². The second-order valence-electron chi connectivity index (χ2n) is 4.09. The van der Waals surface area contributed by atoms with Gasteiger partial charge in [-0.1, -0.05) is 13.3 Å². The van der Waals surface area contributed by atoms with E-state index in [0.29, 0.717) is 13.0 Å². The Bertz CT molecular complexity index is 484. The van der Waals surface area contributed by atoms with Crippen molar-refractivity contribution in [3.05, 3.63) is 27.9 Å². The van der Waals surface area contributed by atoms with Gasteiger partial charge >= 0.3 is 5.69 Å². The maximum atomic E-state index is 11.0. The fourth-order valence-electron chi connectivity index (χ4n) is 1.73. The van der Waals surface area contributed by atoms with Gasteiger partial charge in [0, 0.05) is 19.3 Å². The van der Waals surface area contributed by atoms with Crippen LogP contribution in [0.5, 0.6) is 0 Å². The SMILES string of the molecule is CCC(CCO)CNc1nccc(C#N)c1[N+](=O)[O-]. The molecule has 7 nitrogen and oxygen atoms in total. The molecule has 0 aliphatic carbocycles. The first kappa shape index (κ1) is 14.9. The first-order chi connectivity index (χ1) is 9.13. The van der Waals surface area contributed by atoms with E-state index in [9.17, 15) is 10.1 Å². The normalized spacial score (nSPS) is 11.6. The maximum Gasteiger partial charge on any atom is 0.328 e. The van der Waals surface area contributed by atoms with Gasteiger partial charge in [0.15, 0.2) is 0 Å². The first-order valence-electron chi connectivity index (χ1n) is 6.02. The van der Waals surface area contributed by atoms with Gasteiger partial charge in [-0.3, -0.25) is 10.1 Å². The lowest BCUT2D eigenvalue weighted by atomic mass is 10.0. The quantitative estimate of drug-likeness (QED) is 0.572. The molecule has 19 heavy (non-hydrogen) atoms. The summed E-state index contributed by atoms with van der Waals surface area (Å²) in [5.74, 6) is 0.303. The molecule has 0 aliphatic heterocycles. The van der Waals surface area contributed by atoms with Crippen molar-refractivity contribution < 1.29 is 10.0 Å². The van der Waals surface area contributed by atoms with Gasteiger partial charge in [0.05, 0.1) is 4.92 Å². The number of nitriles is 1. The summed E-state index contributed by atoms with van der Waals surface area (Å²) in [6.07, 6.45) is 2.83. The van der Waals surface area contributed by atoms with Gasteiger partial charge in [-0.25, -0.2) is 4.98 Å². The van der Waals surface area contributed by atoms with Gasteiger partial charge in [-0.15, -0.1) is 0 Å². The number of aliphatic hydroxyl groups is 1. The zero-order valence-electron chi connectivity index (χ0n) is 10.7. The second kappa shape index (κ2) is 7.28. The lowest BCUT2D eigenvalue weighted by Gasteiger charge is -2.14. The zero-order chi connectivity index (χ0) is 14.3. The average Bonchev–Trinajstić information content (AvgIpc) is 2.42. The van der Waals surface area contributed by atoms with Gasteiger partial charge < -0.3 is 10.4 Å². The molecule has 102 valence electrons. The van der Waals surface area contributed by atoms with E-state index < -0.39 is 4.92 Å². The summed E-state index contributed by atoms with van der Waals surface area (Å²) >= 11 is 0. The fraction of sp³-hybridized carbons (Fsp3) is 0.500. The highest BCUT2D eigenvalue weighted by atomic mass is 16.6. The molecule has 2 N–H and O–H groups in total. The van der Waals surface area contributed by atoms with Crippen molar-refractivity contribution in [3.63, 3.8) is 0 Å². The number of nitrogens with zero attached hydrogens (tertiary/aromatic N) is 3. The molecule has 0 saturated carbocycles. The van der Waals surface area contributed by atoms with E-state index in [2.05, 4.69) is 10.3 Å². The van der Waals surface area contributed by atoms with E-state index in [4.69, 9.17) is 10.4 Å². The Morgan fingerprint density at radius 3 is 2.95 bits per heavy atom. The second-order valence-corrected chi connectivity index (χ2v) is 4.09. The number of anilines is 1. The van der Waals surface area contributed by atoms with Gasteiger partial charge in [0.2, 0.25) is 5.82 Å². The highest BCUT2D eigenvalue weighted by Crippen LogP contribution is 2.26. The molecule has 0 aliphatic rings. The lowest BCUT2D eigenvalue weighted by molar-refractivity contribution is -0.384. The molecule has 0 amide bonds. The predicted octanol–water partition coefficient (Wildman–Crippen LogP) is 1.68. The molecule has 0 fully saturated rings. The monoisotopic (exact) mass is 264 g/mol. The number of pyridine rings is 1. The Kier molecular flexibility index (Phi) is 5.70. The number of nitro groups is 1. The third-order valence-electron chi connectivity index (χ3n) is 2.90. The van der Waals surface area contributed by atoms with E-state index in [1.54, 1.807) is 6.07 Å². The molecule has 0 spiro atoms. The van der Waals surface area contributed by atoms with E-state index in [1.807, 2.05) is 6.92 Å². The van der Waals surface area contributed by atoms with Crippen LogP contribution in [0, 0.1) is 27.4 Å². The predicted molar refractivity (Wildman–Crippen MR) is 69.6 cm³/mol. The standard InChI is InChI=1S/C12H16N4O3/c1-2-9(4-6-17)8-15-12-11(16(18)19)10(7-13)3-5-14-12/h3,5,9,17H,2,4,6,8H2,1H3,(H,14,15). The summed E-state index contributed by atoms with van der Waals surface area (Å²) in [6, 6.07) is 3.10. The molecule has 0 saturated heterocycles. The lowest BCUT2D eigenvalue weighted by Crippen LogP contribution is -2.16. The third-order valence-corrected chi connectivity index (χ3v) is 2.90. The number of hydrogen-bond acceptors (Lipinski definition) is 6. The van der Waals surface area contributed by atoms with Crippen LogP contribution in [0.25, 0.3) is 0 Å². The molecule has 1 aromatic rings. The van der Waals surface area contributed by atoms with Crippen molar-refractivity contribution in [2.24, 2.45) is 5.92 Å². The molecule has 1 atom stereocenters. The molecule has 0 bridgehead atoms. The molecule has 1 unspecified atom stereocenters. The molecule has 0 aromatic carbocycles. The Labute approximate surface area is 111 Å². The maximum absolute atomic E-state index is 11.0. The molecular formula is C12H16N4O3. The van der Waals surface area contributed by atoms with E-state index in [0.717, 1.165) is 6.42 Å². The van der Waals surface area contributed by atoms with Crippen LogP contribution in [0.2, 0.25) is 0 Å². The number of aromatic nitrogens is 1. The zero-order valence-corrected chi connectivity index (χ0v) is 10.7. The number of rotatable bonds is 7. The third kappa shape index (κ3) is 3.89. The van der Waals surface area contributed by atoms with Crippen LogP contribution in [0.15, 0.2) is 12.3 Å². The molecule has 7 heteroatoms. The highest BCUT2D eigenvalue weighted by molar-refractivity contribution is 5.64. The van der Waals surface area contributed by atoms with Crippen LogP contribution >= 0.6 is 0 Å². The summed E-state index contributed by atoms with van der Waals surface area (Å²) < 4.78 is 0. The minimum Gasteiger partial charge on any atom is -0.396 e. The van der Waals surface area contributed by atoms with Crippen LogP contribution in [0.1, 0.15) is 25.3 Å². The van der Waals surface area contributed by atoms with Crippen molar-refractivity contribution in [1.82, 2.24) is 4.98 Å². The van der Waals surface area contributed by atoms with E-state index in [-0.39, 0.29) is 29.6 Å². The minimum absolute atomic E-state index is 0.0160. The topological polar surface area (TPSA) is 112 Å². The van der Waals surface area contributed by atoms with Gasteiger partial charge in [-0.05, 0) is 18.4 Å². The van der Waals surface area contributed by atoms with Gasteiger partial charge in [-0.2, -0.15) is 5.26 Å². The minimum atomic E-state index is -0.610. The molecular weight excluding hydrogens is 248 g/mol. The van der Waals surface area contributed by atoms with Crippen LogP contribution in [-0.2, 0) is 0 Å². The van der Waals surface area contributed by atoms with Gasteiger partial charge in [0.25, 0.3) is 0 Å². The number of hydrogen-bond donors (Lipinski definition) is 2. The van der Waals surface area contributed by atoms with Gasteiger partial charge in [0.1, 0.15) is 11.6 Å². The Morgan fingerprint density at radius 2 is 2.42 bits per heavy atom. The number of aliphatic hydroxyl groups excluding tert-OH is 1. The van der Waals surface area contributed by atoms with E-state index in [1.165, 1.54) is 12.3 Å². The smallest absolute Gasteiger partial charge is 0.328 e. The van der Waals surface area contributed by atoms with Crippen molar-refractivity contribution >= 4 is 11.5 Å². The summed E-state index contributed by atoms with van der Waals surface area (Å²) in [5.41, 5.74) is -0.318. The Morgan fingerprint density at radius 1 is 1.68 bits per heavy atom. The van der Waals surface area contributed by atoms with Crippen LogP contribution in [0.4, 0.5) is 11.5 Å². The van der Waals surface area contributed by atoms with Crippen molar-refractivity contribution in [2.45, 2.75) is 19.8 Å².